The maximum absolute atomic E-state index is 3.72. The Labute approximate surface area is 119 Å². The van der Waals surface area contributed by atoms with E-state index >= 15 is 0 Å². The van der Waals surface area contributed by atoms with Crippen LogP contribution in [0.15, 0.2) is 0 Å². The average molecular weight is 267 g/mol. The molecule has 19 heavy (non-hydrogen) atoms. The quantitative estimate of drug-likeness (QED) is 0.720. The summed E-state index contributed by atoms with van der Waals surface area (Å²) in [6.45, 7) is 12.3. The molecule has 0 aliphatic carbocycles. The number of nitrogens with zero attached hydrogens (tertiary/aromatic N) is 1. The first kappa shape index (κ1) is 15.3. The highest BCUT2D eigenvalue weighted by molar-refractivity contribution is 4.85. The summed E-state index contributed by atoms with van der Waals surface area (Å²) in [5, 5.41) is 7.17. The summed E-state index contributed by atoms with van der Waals surface area (Å²) in [4.78, 5) is 2.50. The van der Waals surface area contributed by atoms with Crippen molar-refractivity contribution >= 4 is 0 Å². The second kappa shape index (κ2) is 7.05. The summed E-state index contributed by atoms with van der Waals surface area (Å²) in [6, 6.07) is 0. The zero-order valence-electron chi connectivity index (χ0n) is 13.2. The fourth-order valence-corrected chi connectivity index (χ4v) is 3.63. The zero-order chi connectivity index (χ0) is 13.7. The minimum Gasteiger partial charge on any atom is -0.316 e. The molecule has 0 bridgehead atoms. The molecular formula is C16H33N3. The van der Waals surface area contributed by atoms with Gasteiger partial charge in [0.15, 0.2) is 0 Å². The van der Waals surface area contributed by atoms with Gasteiger partial charge >= 0.3 is 0 Å². The van der Waals surface area contributed by atoms with E-state index in [4.69, 9.17) is 0 Å². The molecule has 2 aliphatic rings. The van der Waals surface area contributed by atoms with Gasteiger partial charge in [-0.2, -0.15) is 0 Å². The predicted molar refractivity (Wildman–Crippen MR) is 82.5 cm³/mol. The van der Waals surface area contributed by atoms with Crippen molar-refractivity contribution in [2.24, 2.45) is 17.3 Å². The highest BCUT2D eigenvalue weighted by Crippen LogP contribution is 2.32. The normalized spacial score (nSPS) is 29.8. The van der Waals surface area contributed by atoms with Gasteiger partial charge in [0.05, 0.1) is 0 Å². The molecule has 2 aliphatic heterocycles. The van der Waals surface area contributed by atoms with Crippen molar-refractivity contribution < 1.29 is 0 Å². The highest BCUT2D eigenvalue weighted by atomic mass is 15.1. The highest BCUT2D eigenvalue weighted by Gasteiger charge is 2.31. The smallest absolute Gasteiger partial charge is 0.00122 e. The van der Waals surface area contributed by atoms with Crippen molar-refractivity contribution in [3.63, 3.8) is 0 Å². The Bertz CT molecular complexity index is 259. The van der Waals surface area contributed by atoms with Gasteiger partial charge in [0.1, 0.15) is 0 Å². The molecule has 0 radical (unpaired) electrons. The molecular weight excluding hydrogens is 234 g/mol. The third-order valence-electron chi connectivity index (χ3n) is 5.20. The van der Waals surface area contributed by atoms with Gasteiger partial charge in [-0.1, -0.05) is 13.8 Å². The minimum atomic E-state index is 0.433. The zero-order valence-corrected chi connectivity index (χ0v) is 13.2. The van der Waals surface area contributed by atoms with Crippen LogP contribution in [0.5, 0.6) is 0 Å². The second-order valence-corrected chi connectivity index (χ2v) is 7.41. The molecule has 0 amide bonds. The van der Waals surface area contributed by atoms with Crippen LogP contribution in [0.2, 0.25) is 0 Å². The Morgan fingerprint density at radius 1 is 1.32 bits per heavy atom. The number of rotatable bonds is 6. The first-order valence-corrected chi connectivity index (χ1v) is 8.18. The van der Waals surface area contributed by atoms with Gasteiger partial charge in [0, 0.05) is 13.1 Å². The molecule has 2 atom stereocenters. The topological polar surface area (TPSA) is 27.3 Å². The van der Waals surface area contributed by atoms with E-state index < -0.39 is 0 Å². The lowest BCUT2D eigenvalue weighted by molar-refractivity contribution is 0.103. The molecule has 3 heteroatoms. The van der Waals surface area contributed by atoms with Gasteiger partial charge in [-0.15, -0.1) is 0 Å². The van der Waals surface area contributed by atoms with Crippen molar-refractivity contribution in [2.75, 3.05) is 46.3 Å². The molecule has 0 spiro atoms. The van der Waals surface area contributed by atoms with Crippen LogP contribution in [0.3, 0.4) is 0 Å². The second-order valence-electron chi connectivity index (χ2n) is 7.41. The number of hydrogen-bond acceptors (Lipinski definition) is 3. The summed E-state index contributed by atoms with van der Waals surface area (Å²) in [5.41, 5.74) is 0.433. The van der Waals surface area contributed by atoms with Gasteiger partial charge in [0.25, 0.3) is 0 Å². The van der Waals surface area contributed by atoms with Gasteiger partial charge in [-0.05, 0) is 76.2 Å². The molecule has 2 fully saturated rings. The van der Waals surface area contributed by atoms with E-state index in [2.05, 4.69) is 36.4 Å². The van der Waals surface area contributed by atoms with Gasteiger partial charge in [0.2, 0.25) is 0 Å². The first-order chi connectivity index (χ1) is 9.08. The Morgan fingerprint density at radius 3 is 2.84 bits per heavy atom. The van der Waals surface area contributed by atoms with E-state index in [0.29, 0.717) is 5.41 Å². The predicted octanol–water partition coefficient (Wildman–Crippen LogP) is 1.94. The Kier molecular flexibility index (Phi) is 5.67. The van der Waals surface area contributed by atoms with Crippen LogP contribution in [-0.2, 0) is 0 Å². The molecule has 2 N–H and O–H groups in total. The molecule has 2 rings (SSSR count). The van der Waals surface area contributed by atoms with Crippen molar-refractivity contribution in [3.05, 3.63) is 0 Å². The van der Waals surface area contributed by atoms with Crippen LogP contribution >= 0.6 is 0 Å². The van der Waals surface area contributed by atoms with Crippen LogP contribution in [0.25, 0.3) is 0 Å². The lowest BCUT2D eigenvalue weighted by Gasteiger charge is -2.40. The van der Waals surface area contributed by atoms with Crippen LogP contribution in [0, 0.1) is 17.3 Å². The molecule has 2 saturated heterocycles. The van der Waals surface area contributed by atoms with E-state index in [1.54, 1.807) is 0 Å². The Balaban J connectivity index is 1.65. The van der Waals surface area contributed by atoms with E-state index in [-0.39, 0.29) is 0 Å². The maximum atomic E-state index is 3.72. The molecule has 0 saturated carbocycles. The van der Waals surface area contributed by atoms with Gasteiger partial charge < -0.3 is 15.5 Å². The first-order valence-electron chi connectivity index (χ1n) is 8.18. The van der Waals surface area contributed by atoms with E-state index in [9.17, 15) is 0 Å². The van der Waals surface area contributed by atoms with Crippen molar-refractivity contribution in [2.45, 2.75) is 39.5 Å². The van der Waals surface area contributed by atoms with Crippen LogP contribution in [0.4, 0.5) is 0 Å². The Hall–Kier alpha value is -0.120. The van der Waals surface area contributed by atoms with Crippen molar-refractivity contribution in [1.29, 1.82) is 0 Å². The monoisotopic (exact) mass is 267 g/mol. The fraction of sp³-hybridized carbons (Fsp3) is 1.00. The van der Waals surface area contributed by atoms with Crippen molar-refractivity contribution in [1.82, 2.24) is 15.5 Å². The molecule has 3 nitrogen and oxygen atoms in total. The average Bonchev–Trinajstić information content (AvgIpc) is 2.88. The van der Waals surface area contributed by atoms with Gasteiger partial charge in [-0.3, -0.25) is 0 Å². The lowest BCUT2D eigenvalue weighted by atomic mass is 9.74. The Morgan fingerprint density at radius 2 is 2.16 bits per heavy atom. The van der Waals surface area contributed by atoms with E-state index in [1.807, 2.05) is 0 Å². The third-order valence-corrected chi connectivity index (χ3v) is 5.20. The van der Waals surface area contributed by atoms with Crippen molar-refractivity contribution in [3.8, 4) is 0 Å². The van der Waals surface area contributed by atoms with E-state index in [0.717, 1.165) is 11.8 Å². The summed E-state index contributed by atoms with van der Waals surface area (Å²) in [5.74, 6) is 1.77. The molecule has 0 aromatic heterocycles. The number of likely N-dealkylation sites (tertiary alicyclic amines) is 1. The molecule has 0 aromatic carbocycles. The number of hydrogen-bond donors (Lipinski definition) is 2. The fourth-order valence-electron chi connectivity index (χ4n) is 3.63. The number of piperidine rings is 1. The summed E-state index contributed by atoms with van der Waals surface area (Å²) >= 11 is 0. The molecule has 0 aromatic rings. The largest absolute Gasteiger partial charge is 0.316 e. The molecule has 2 heterocycles. The van der Waals surface area contributed by atoms with Gasteiger partial charge in [-0.25, -0.2) is 0 Å². The lowest BCUT2D eigenvalue weighted by Crippen LogP contribution is -2.44. The summed E-state index contributed by atoms with van der Waals surface area (Å²) in [7, 11) is 2.27. The number of nitrogens with one attached hydrogen (secondary N) is 2. The van der Waals surface area contributed by atoms with Crippen LogP contribution in [0.1, 0.15) is 39.5 Å². The minimum absolute atomic E-state index is 0.433. The maximum Gasteiger partial charge on any atom is 0.00122 e. The molecule has 112 valence electrons. The molecule has 2 unspecified atom stereocenters. The SMILES string of the molecule is CN1CCCC(C(C)(C)CNCCC2CCNC2)C1. The third kappa shape index (κ3) is 4.73. The summed E-state index contributed by atoms with van der Waals surface area (Å²) < 4.78 is 0. The standard InChI is InChI=1S/C16H33N3/c1-16(2,15-5-4-10-19(3)12-15)13-18-9-7-14-6-8-17-11-14/h14-15,17-18H,4-13H2,1-3H3. The summed E-state index contributed by atoms with van der Waals surface area (Å²) in [6.07, 6.45) is 5.50. The van der Waals surface area contributed by atoms with Crippen LogP contribution in [-0.4, -0.2) is 51.2 Å². The van der Waals surface area contributed by atoms with Crippen LogP contribution < -0.4 is 10.6 Å². The van der Waals surface area contributed by atoms with E-state index in [1.165, 1.54) is 65.0 Å².